The Bertz CT molecular complexity index is 920. The molecule has 0 bridgehead atoms. The van der Waals surface area contributed by atoms with Gasteiger partial charge in [0.05, 0.1) is 11.3 Å². The summed E-state index contributed by atoms with van der Waals surface area (Å²) in [6, 6.07) is 7.73. The number of carbonyl (C=O) groups is 2. The molecular formula is C20H23N3O3. The fourth-order valence-electron chi connectivity index (χ4n) is 4.19. The summed E-state index contributed by atoms with van der Waals surface area (Å²) in [5.74, 6) is -1.03. The van der Waals surface area contributed by atoms with Crippen molar-refractivity contribution in [2.24, 2.45) is 0 Å². The number of urea groups is 1. The van der Waals surface area contributed by atoms with E-state index in [2.05, 4.69) is 18.8 Å². The highest BCUT2D eigenvalue weighted by molar-refractivity contribution is 6.17. The van der Waals surface area contributed by atoms with Crippen LogP contribution in [0.1, 0.15) is 37.9 Å². The van der Waals surface area contributed by atoms with Gasteiger partial charge < -0.3 is 15.0 Å². The van der Waals surface area contributed by atoms with Crippen LogP contribution in [-0.2, 0) is 10.2 Å². The number of hydrogen-bond donors (Lipinski definition) is 2. The third-order valence-electron chi connectivity index (χ3n) is 5.36. The molecule has 2 aliphatic heterocycles. The SMILES string of the molecule is CC1(C)CN(C(=O)N2CCCC2)C=C(C(=O)O)c2[nH]c3ccccc3c21. The Hall–Kier alpha value is -2.76. The number of hydrogen-bond acceptors (Lipinski definition) is 2. The van der Waals surface area contributed by atoms with Crippen LogP contribution in [0.2, 0.25) is 0 Å². The Morgan fingerprint density at radius 2 is 1.85 bits per heavy atom. The van der Waals surface area contributed by atoms with Gasteiger partial charge in [-0.25, -0.2) is 9.59 Å². The van der Waals surface area contributed by atoms with Crippen LogP contribution >= 0.6 is 0 Å². The van der Waals surface area contributed by atoms with E-state index < -0.39 is 11.4 Å². The molecule has 2 aromatic rings. The van der Waals surface area contributed by atoms with E-state index >= 15 is 0 Å². The first-order valence-corrected chi connectivity index (χ1v) is 9.01. The van der Waals surface area contributed by atoms with Crippen molar-refractivity contribution in [1.29, 1.82) is 0 Å². The minimum absolute atomic E-state index is 0.108. The number of aromatic amines is 1. The summed E-state index contributed by atoms with van der Waals surface area (Å²) in [4.78, 5) is 31.6. The fraction of sp³-hybridized carbons (Fsp3) is 0.400. The highest BCUT2D eigenvalue weighted by Gasteiger charge is 2.38. The van der Waals surface area contributed by atoms with Crippen LogP contribution in [0.15, 0.2) is 30.5 Å². The van der Waals surface area contributed by atoms with E-state index in [1.54, 1.807) is 4.90 Å². The van der Waals surface area contributed by atoms with Gasteiger partial charge in [0.25, 0.3) is 0 Å². The van der Waals surface area contributed by atoms with E-state index in [1.807, 2.05) is 29.2 Å². The van der Waals surface area contributed by atoms with Crippen molar-refractivity contribution in [3.63, 3.8) is 0 Å². The molecule has 1 aromatic heterocycles. The molecule has 4 rings (SSSR count). The lowest BCUT2D eigenvalue weighted by Gasteiger charge is -2.32. The number of carboxylic acid groups (broad SMARTS) is 1. The van der Waals surface area contributed by atoms with Gasteiger partial charge in [-0.1, -0.05) is 32.0 Å². The summed E-state index contributed by atoms with van der Waals surface area (Å²) in [6.07, 6.45) is 3.51. The quantitative estimate of drug-likeness (QED) is 0.825. The normalized spacial score (nSPS) is 19.2. The maximum Gasteiger partial charge on any atom is 0.339 e. The van der Waals surface area contributed by atoms with Crippen molar-refractivity contribution in [1.82, 2.24) is 14.8 Å². The monoisotopic (exact) mass is 353 g/mol. The molecule has 3 heterocycles. The van der Waals surface area contributed by atoms with Crippen molar-refractivity contribution in [2.45, 2.75) is 32.1 Å². The molecule has 2 aliphatic rings. The summed E-state index contributed by atoms with van der Waals surface area (Å²) >= 11 is 0. The van der Waals surface area contributed by atoms with Gasteiger partial charge in [-0.3, -0.25) is 4.90 Å². The number of rotatable bonds is 1. The van der Waals surface area contributed by atoms with Crippen LogP contribution < -0.4 is 0 Å². The molecule has 0 spiro atoms. The van der Waals surface area contributed by atoms with E-state index in [1.165, 1.54) is 6.20 Å². The molecule has 0 atom stereocenters. The molecule has 6 nitrogen and oxygen atoms in total. The van der Waals surface area contributed by atoms with Crippen molar-refractivity contribution >= 4 is 28.5 Å². The number of nitrogens with zero attached hydrogens (tertiary/aromatic N) is 2. The van der Waals surface area contributed by atoms with E-state index in [4.69, 9.17) is 0 Å². The second-order valence-electron chi connectivity index (χ2n) is 7.76. The number of nitrogens with one attached hydrogen (secondary N) is 1. The third-order valence-corrected chi connectivity index (χ3v) is 5.36. The lowest BCUT2D eigenvalue weighted by Crippen LogP contribution is -2.43. The molecule has 136 valence electrons. The van der Waals surface area contributed by atoms with E-state index in [-0.39, 0.29) is 11.6 Å². The number of carboxylic acids is 1. The standard InChI is InChI=1S/C20H23N3O3/c1-20(2)12-23(19(26)22-9-5-6-10-22)11-14(18(24)25)17-16(20)13-7-3-4-8-15(13)21-17/h3-4,7-8,11,21H,5-6,9-10,12H2,1-2H3,(H,24,25). The first-order chi connectivity index (χ1) is 12.4. The number of fused-ring (bicyclic) bond motifs is 3. The molecule has 0 saturated carbocycles. The lowest BCUT2D eigenvalue weighted by molar-refractivity contribution is -0.130. The molecule has 2 N–H and O–H groups in total. The van der Waals surface area contributed by atoms with E-state index in [0.29, 0.717) is 12.2 Å². The number of aromatic nitrogens is 1. The number of amides is 2. The van der Waals surface area contributed by atoms with Gasteiger partial charge in [0.1, 0.15) is 0 Å². The first-order valence-electron chi connectivity index (χ1n) is 9.01. The van der Waals surface area contributed by atoms with Crippen molar-refractivity contribution < 1.29 is 14.7 Å². The Morgan fingerprint density at radius 3 is 2.54 bits per heavy atom. The zero-order valence-electron chi connectivity index (χ0n) is 15.1. The van der Waals surface area contributed by atoms with Crippen molar-refractivity contribution in [3.8, 4) is 0 Å². The predicted molar refractivity (Wildman–Crippen MR) is 99.8 cm³/mol. The van der Waals surface area contributed by atoms with Crippen LogP contribution in [0.3, 0.4) is 0 Å². The number of para-hydroxylation sites is 1. The van der Waals surface area contributed by atoms with E-state index in [9.17, 15) is 14.7 Å². The molecule has 0 unspecified atom stereocenters. The molecule has 1 saturated heterocycles. The summed E-state index contributed by atoms with van der Waals surface area (Å²) in [5, 5.41) is 10.8. The van der Waals surface area contributed by atoms with Crippen LogP contribution in [-0.4, -0.2) is 51.5 Å². The highest BCUT2D eigenvalue weighted by atomic mass is 16.4. The Morgan fingerprint density at radius 1 is 1.15 bits per heavy atom. The summed E-state index contributed by atoms with van der Waals surface area (Å²) in [5.41, 5.74) is 2.21. The summed E-state index contributed by atoms with van der Waals surface area (Å²) < 4.78 is 0. The van der Waals surface area contributed by atoms with E-state index in [0.717, 1.165) is 42.4 Å². The van der Waals surface area contributed by atoms with Gasteiger partial charge in [0.15, 0.2) is 0 Å². The maximum absolute atomic E-state index is 12.9. The average Bonchev–Trinajstić information content (AvgIpc) is 3.22. The van der Waals surface area contributed by atoms with Crippen LogP contribution in [0.4, 0.5) is 4.79 Å². The smallest absolute Gasteiger partial charge is 0.339 e. The number of aliphatic carboxylic acids is 1. The predicted octanol–water partition coefficient (Wildman–Crippen LogP) is 3.40. The summed E-state index contributed by atoms with van der Waals surface area (Å²) in [7, 11) is 0. The zero-order chi connectivity index (χ0) is 18.5. The van der Waals surface area contributed by atoms with Crippen LogP contribution in [0.5, 0.6) is 0 Å². The van der Waals surface area contributed by atoms with Crippen LogP contribution in [0, 0.1) is 0 Å². The number of benzene rings is 1. The number of likely N-dealkylation sites (tertiary alicyclic amines) is 1. The van der Waals surface area contributed by atoms with Crippen LogP contribution in [0.25, 0.3) is 16.5 Å². The van der Waals surface area contributed by atoms with Crippen molar-refractivity contribution in [2.75, 3.05) is 19.6 Å². The van der Waals surface area contributed by atoms with Gasteiger partial charge in [-0.05, 0) is 24.5 Å². The average molecular weight is 353 g/mol. The first kappa shape index (κ1) is 16.7. The Labute approximate surface area is 152 Å². The van der Waals surface area contributed by atoms with Gasteiger partial charge in [-0.15, -0.1) is 0 Å². The molecule has 6 heteroatoms. The summed E-state index contributed by atoms with van der Waals surface area (Å²) in [6.45, 7) is 6.04. The van der Waals surface area contributed by atoms with Gasteiger partial charge >= 0.3 is 12.0 Å². The second-order valence-corrected chi connectivity index (χ2v) is 7.76. The second kappa shape index (κ2) is 5.90. The third kappa shape index (κ3) is 2.57. The molecule has 1 aromatic carbocycles. The minimum atomic E-state index is -1.03. The Balaban J connectivity index is 1.87. The highest BCUT2D eigenvalue weighted by Crippen LogP contribution is 2.40. The lowest BCUT2D eigenvalue weighted by atomic mass is 9.82. The molecule has 0 radical (unpaired) electrons. The van der Waals surface area contributed by atoms with Gasteiger partial charge in [-0.2, -0.15) is 0 Å². The molecule has 0 aliphatic carbocycles. The fourth-order valence-corrected chi connectivity index (χ4v) is 4.19. The molecule has 2 amide bonds. The van der Waals surface area contributed by atoms with Gasteiger partial charge in [0.2, 0.25) is 0 Å². The number of carbonyl (C=O) groups excluding carboxylic acids is 1. The molecular weight excluding hydrogens is 330 g/mol. The molecule has 26 heavy (non-hydrogen) atoms. The minimum Gasteiger partial charge on any atom is -0.478 e. The molecule has 1 fully saturated rings. The van der Waals surface area contributed by atoms with Gasteiger partial charge in [0, 0.05) is 42.2 Å². The topological polar surface area (TPSA) is 76.6 Å². The zero-order valence-corrected chi connectivity index (χ0v) is 15.1. The Kier molecular flexibility index (Phi) is 3.79. The van der Waals surface area contributed by atoms with Crippen molar-refractivity contribution in [3.05, 3.63) is 41.7 Å². The largest absolute Gasteiger partial charge is 0.478 e. The number of H-pyrrole nitrogens is 1. The maximum atomic E-state index is 12.9.